The van der Waals surface area contributed by atoms with Gasteiger partial charge in [0.2, 0.25) is 11.9 Å². The van der Waals surface area contributed by atoms with Gasteiger partial charge in [0.05, 0.1) is 11.7 Å². The summed E-state index contributed by atoms with van der Waals surface area (Å²) in [5, 5.41) is 5.97. The normalized spacial score (nSPS) is 16.5. The maximum atomic E-state index is 11.2. The average Bonchev–Trinajstić information content (AvgIpc) is 3.18. The number of rotatable bonds is 6. The molecule has 1 atom stereocenters. The lowest BCUT2D eigenvalue weighted by molar-refractivity contribution is -0.114. The highest BCUT2D eigenvalue weighted by Crippen LogP contribution is 2.32. The highest BCUT2D eigenvalue weighted by Gasteiger charge is 2.27. The zero-order valence-electron chi connectivity index (χ0n) is 16.4. The molecule has 0 saturated carbocycles. The molecular weight excluding hydrogens is 364 g/mol. The molecule has 0 bridgehead atoms. The first kappa shape index (κ1) is 19.0. The van der Waals surface area contributed by atoms with Crippen LogP contribution in [0.5, 0.6) is 0 Å². The molecule has 29 heavy (non-hydrogen) atoms. The molecule has 1 aliphatic heterocycles. The fourth-order valence-electron chi connectivity index (χ4n) is 3.65. The number of nitrogens with zero attached hydrogens (tertiary/aromatic N) is 4. The van der Waals surface area contributed by atoms with Crippen molar-refractivity contribution in [1.82, 2.24) is 19.9 Å². The molecule has 2 aromatic heterocycles. The number of amides is 1. The van der Waals surface area contributed by atoms with Gasteiger partial charge >= 0.3 is 0 Å². The van der Waals surface area contributed by atoms with Gasteiger partial charge in [-0.2, -0.15) is 0 Å². The molecule has 1 amide bonds. The van der Waals surface area contributed by atoms with E-state index in [-0.39, 0.29) is 11.9 Å². The highest BCUT2D eigenvalue weighted by molar-refractivity contribution is 5.88. The third kappa shape index (κ3) is 4.94. The number of hydrogen-bond donors (Lipinski definition) is 2. The second-order valence-electron chi connectivity index (χ2n) is 7.15. The Labute approximate surface area is 170 Å². The van der Waals surface area contributed by atoms with Crippen LogP contribution in [0.2, 0.25) is 0 Å². The first-order valence-electron chi connectivity index (χ1n) is 9.79. The summed E-state index contributed by atoms with van der Waals surface area (Å²) in [5.41, 5.74) is 3.05. The van der Waals surface area contributed by atoms with Gasteiger partial charge in [-0.05, 0) is 55.3 Å². The van der Waals surface area contributed by atoms with Crippen molar-refractivity contribution in [3.63, 3.8) is 0 Å². The molecule has 1 aromatic carbocycles. The van der Waals surface area contributed by atoms with E-state index >= 15 is 0 Å². The maximum Gasteiger partial charge on any atom is 0.228 e. The smallest absolute Gasteiger partial charge is 0.228 e. The van der Waals surface area contributed by atoms with Crippen LogP contribution in [0.4, 0.5) is 17.5 Å². The fraction of sp³-hybridized carbons (Fsp3) is 0.273. The minimum Gasteiger partial charge on any atom is -0.326 e. The molecule has 148 valence electrons. The van der Waals surface area contributed by atoms with E-state index in [4.69, 9.17) is 4.98 Å². The van der Waals surface area contributed by atoms with Gasteiger partial charge in [0.15, 0.2) is 0 Å². The van der Waals surface area contributed by atoms with Gasteiger partial charge in [-0.25, -0.2) is 15.0 Å². The molecule has 0 spiro atoms. The molecule has 2 N–H and O–H groups in total. The lowest BCUT2D eigenvalue weighted by Crippen LogP contribution is -2.23. The minimum atomic E-state index is -0.0590. The molecule has 0 aliphatic carbocycles. The third-order valence-electron chi connectivity index (χ3n) is 4.95. The van der Waals surface area contributed by atoms with E-state index in [1.807, 2.05) is 36.4 Å². The Balaban J connectivity index is 1.45. The number of carbonyl (C=O) groups excluding carboxylic acids is 1. The monoisotopic (exact) mass is 388 g/mol. The van der Waals surface area contributed by atoms with Crippen LogP contribution in [0.25, 0.3) is 0 Å². The van der Waals surface area contributed by atoms with Crippen LogP contribution in [-0.4, -0.2) is 32.3 Å². The highest BCUT2D eigenvalue weighted by atomic mass is 16.1. The SMILES string of the molecule is CC(=O)Nc1ccc(CN2CCC[C@@H]2c2ccnc(Nc3ccccn3)n2)cc1. The molecular formula is C22H24N6O. The Kier molecular flexibility index (Phi) is 5.76. The molecule has 7 nitrogen and oxygen atoms in total. The number of aromatic nitrogens is 3. The fourth-order valence-corrected chi connectivity index (χ4v) is 3.65. The Morgan fingerprint density at radius 3 is 2.72 bits per heavy atom. The molecule has 1 fully saturated rings. The first-order chi connectivity index (χ1) is 14.2. The van der Waals surface area contributed by atoms with Crippen molar-refractivity contribution in [1.29, 1.82) is 0 Å². The second kappa shape index (κ2) is 8.79. The molecule has 3 aromatic rings. The van der Waals surface area contributed by atoms with E-state index in [9.17, 15) is 4.79 Å². The van der Waals surface area contributed by atoms with Crippen molar-refractivity contribution in [3.8, 4) is 0 Å². The van der Waals surface area contributed by atoms with Crippen LogP contribution in [0, 0.1) is 0 Å². The van der Waals surface area contributed by atoms with Crippen LogP contribution in [0.1, 0.15) is 37.1 Å². The number of pyridine rings is 1. The molecule has 1 saturated heterocycles. The van der Waals surface area contributed by atoms with Crippen LogP contribution in [0.15, 0.2) is 60.9 Å². The second-order valence-corrected chi connectivity index (χ2v) is 7.15. The number of nitrogens with one attached hydrogen (secondary N) is 2. The zero-order valence-corrected chi connectivity index (χ0v) is 16.4. The predicted octanol–water partition coefficient (Wildman–Crippen LogP) is 3.91. The standard InChI is InChI=1S/C22H24N6O/c1-16(29)25-18-9-7-17(8-10-18)15-28-14-4-5-20(28)19-11-13-24-22(26-19)27-21-6-2-3-12-23-21/h2-3,6-13,20H,4-5,14-15H2,1H3,(H,25,29)(H,23,24,26,27)/t20-/m1/s1. The summed E-state index contributed by atoms with van der Waals surface area (Å²) in [6.45, 7) is 3.39. The van der Waals surface area contributed by atoms with Gasteiger partial charge in [0.25, 0.3) is 0 Å². The molecule has 0 radical (unpaired) electrons. The summed E-state index contributed by atoms with van der Waals surface area (Å²) < 4.78 is 0. The largest absolute Gasteiger partial charge is 0.326 e. The van der Waals surface area contributed by atoms with Crippen molar-refractivity contribution < 1.29 is 4.79 Å². The lowest BCUT2D eigenvalue weighted by atomic mass is 10.1. The molecule has 4 rings (SSSR count). The Morgan fingerprint density at radius 2 is 1.97 bits per heavy atom. The molecule has 1 aliphatic rings. The summed E-state index contributed by atoms with van der Waals surface area (Å²) in [6, 6.07) is 16.0. The summed E-state index contributed by atoms with van der Waals surface area (Å²) >= 11 is 0. The van der Waals surface area contributed by atoms with Gasteiger partial charge < -0.3 is 10.6 Å². The van der Waals surface area contributed by atoms with Crippen molar-refractivity contribution in [3.05, 3.63) is 72.2 Å². The number of hydrogen-bond acceptors (Lipinski definition) is 6. The van der Waals surface area contributed by atoms with Gasteiger partial charge in [-0.1, -0.05) is 18.2 Å². The first-order valence-corrected chi connectivity index (χ1v) is 9.79. The topological polar surface area (TPSA) is 83.0 Å². The summed E-state index contributed by atoms with van der Waals surface area (Å²) in [5.74, 6) is 1.23. The number of anilines is 3. The predicted molar refractivity (Wildman–Crippen MR) is 113 cm³/mol. The maximum absolute atomic E-state index is 11.2. The van der Waals surface area contributed by atoms with E-state index < -0.39 is 0 Å². The Morgan fingerprint density at radius 1 is 1.10 bits per heavy atom. The lowest BCUT2D eigenvalue weighted by Gasteiger charge is -2.24. The van der Waals surface area contributed by atoms with Crippen molar-refractivity contribution in [2.75, 3.05) is 17.2 Å². The van der Waals surface area contributed by atoms with Crippen molar-refractivity contribution >= 4 is 23.4 Å². The van der Waals surface area contributed by atoms with Gasteiger partial charge in [-0.15, -0.1) is 0 Å². The van der Waals surface area contributed by atoms with Crippen LogP contribution in [-0.2, 0) is 11.3 Å². The van der Waals surface area contributed by atoms with Gasteiger partial charge in [-0.3, -0.25) is 9.69 Å². The van der Waals surface area contributed by atoms with Crippen LogP contribution in [0.3, 0.4) is 0 Å². The molecule has 0 unspecified atom stereocenters. The van der Waals surface area contributed by atoms with E-state index in [0.717, 1.165) is 43.1 Å². The minimum absolute atomic E-state index is 0.0590. The van der Waals surface area contributed by atoms with Crippen LogP contribution >= 0.6 is 0 Å². The quantitative estimate of drug-likeness (QED) is 0.666. The third-order valence-corrected chi connectivity index (χ3v) is 4.95. The molecule has 7 heteroatoms. The Bertz CT molecular complexity index is 961. The summed E-state index contributed by atoms with van der Waals surface area (Å²) in [7, 11) is 0. The molecule has 3 heterocycles. The van der Waals surface area contributed by atoms with E-state index in [0.29, 0.717) is 5.95 Å². The number of carbonyl (C=O) groups is 1. The van der Waals surface area contributed by atoms with Gasteiger partial charge in [0.1, 0.15) is 5.82 Å². The number of likely N-dealkylation sites (tertiary alicyclic amines) is 1. The average molecular weight is 388 g/mol. The van der Waals surface area contributed by atoms with Crippen LogP contribution < -0.4 is 10.6 Å². The number of benzene rings is 1. The van der Waals surface area contributed by atoms with Gasteiger partial charge in [0, 0.05) is 31.5 Å². The van der Waals surface area contributed by atoms with E-state index in [2.05, 4.69) is 37.6 Å². The van der Waals surface area contributed by atoms with E-state index in [1.54, 1.807) is 12.4 Å². The Hall–Kier alpha value is -3.32. The van der Waals surface area contributed by atoms with Crippen molar-refractivity contribution in [2.45, 2.75) is 32.4 Å². The van der Waals surface area contributed by atoms with E-state index in [1.165, 1.54) is 12.5 Å². The summed E-state index contributed by atoms with van der Waals surface area (Å²) in [4.78, 5) is 27.0. The van der Waals surface area contributed by atoms with Crippen molar-refractivity contribution in [2.24, 2.45) is 0 Å². The summed E-state index contributed by atoms with van der Waals surface area (Å²) in [6.07, 6.45) is 5.75. The zero-order chi connectivity index (χ0) is 20.1.